The van der Waals surface area contributed by atoms with Gasteiger partial charge >= 0.3 is 0 Å². The van der Waals surface area contributed by atoms with Crippen LogP contribution in [0.1, 0.15) is 110 Å². The van der Waals surface area contributed by atoms with Crippen molar-refractivity contribution >= 4 is 0 Å². The van der Waals surface area contributed by atoms with Crippen LogP contribution in [-0.4, -0.2) is 6.54 Å². The summed E-state index contributed by atoms with van der Waals surface area (Å²) in [6.45, 7) is 30.5. The standard InChI is InChI=1S/C4H11N.2C4H10.2C3H8.C2H6/c1-4(2)3-5;2*1-4(2)3;2*1-3-2;1-2/h4H,3,5H2,1-2H3;2*4H,1-3H3;2*3H2,1-2H3;1-2H3. The van der Waals surface area contributed by atoms with Gasteiger partial charge < -0.3 is 5.73 Å². The van der Waals surface area contributed by atoms with Crippen LogP contribution in [0.2, 0.25) is 0 Å². The lowest BCUT2D eigenvalue weighted by atomic mass is 10.2. The molecule has 138 valence electrons. The maximum atomic E-state index is 5.17. The highest BCUT2D eigenvalue weighted by atomic mass is 14.5. The van der Waals surface area contributed by atoms with Gasteiger partial charge in [0.05, 0.1) is 0 Å². The van der Waals surface area contributed by atoms with Gasteiger partial charge in [-0.15, -0.1) is 0 Å². The van der Waals surface area contributed by atoms with Gasteiger partial charge in [0.25, 0.3) is 0 Å². The van der Waals surface area contributed by atoms with E-state index >= 15 is 0 Å². The Labute approximate surface area is 140 Å². The van der Waals surface area contributed by atoms with Crippen LogP contribution in [0.4, 0.5) is 0 Å². The van der Waals surface area contributed by atoms with E-state index in [9.17, 15) is 0 Å². The zero-order valence-electron chi connectivity index (χ0n) is 18.4. The number of nitrogens with two attached hydrogens (primary N) is 1. The van der Waals surface area contributed by atoms with Crippen LogP contribution in [0.3, 0.4) is 0 Å². The summed E-state index contributed by atoms with van der Waals surface area (Å²) in [5, 5.41) is 0. The fourth-order valence-electron chi connectivity index (χ4n) is 0. The van der Waals surface area contributed by atoms with Gasteiger partial charge in [0.2, 0.25) is 0 Å². The van der Waals surface area contributed by atoms with Crippen LogP contribution in [0, 0.1) is 17.8 Å². The topological polar surface area (TPSA) is 26.0 Å². The molecule has 0 aliphatic carbocycles. The minimum absolute atomic E-state index is 0.662. The van der Waals surface area contributed by atoms with Crippen molar-refractivity contribution in [1.29, 1.82) is 0 Å². The van der Waals surface area contributed by atoms with Gasteiger partial charge in [-0.2, -0.15) is 0 Å². The fourth-order valence-corrected chi connectivity index (χ4v) is 0. The molecule has 21 heavy (non-hydrogen) atoms. The van der Waals surface area contributed by atoms with E-state index in [0.29, 0.717) is 5.92 Å². The van der Waals surface area contributed by atoms with E-state index in [1.54, 1.807) is 0 Å². The normalized spacial score (nSPS) is 7.71. The van der Waals surface area contributed by atoms with Gasteiger partial charge in [0.15, 0.2) is 0 Å². The summed E-state index contributed by atoms with van der Waals surface area (Å²) in [6, 6.07) is 0. The molecule has 0 atom stereocenters. The third-order valence-corrected chi connectivity index (χ3v) is 0.471. The summed E-state index contributed by atoms with van der Waals surface area (Å²) in [4.78, 5) is 0. The summed E-state index contributed by atoms with van der Waals surface area (Å²) < 4.78 is 0. The van der Waals surface area contributed by atoms with Crippen molar-refractivity contribution < 1.29 is 0 Å². The van der Waals surface area contributed by atoms with Gasteiger partial charge in [-0.05, 0) is 24.3 Å². The molecule has 1 nitrogen and oxygen atoms in total. The molecule has 0 aromatic rings. The Balaban J connectivity index is -0.0000000329. The van der Waals surface area contributed by atoms with E-state index < -0.39 is 0 Å². The number of hydrogen-bond acceptors (Lipinski definition) is 1. The molecular formula is C20H53N. The maximum absolute atomic E-state index is 5.17. The lowest BCUT2D eigenvalue weighted by Gasteiger charge is -1.91. The summed E-state index contributed by atoms with van der Waals surface area (Å²) in [5.41, 5.74) is 5.17. The van der Waals surface area contributed by atoms with Crippen LogP contribution in [0.5, 0.6) is 0 Å². The largest absolute Gasteiger partial charge is 0.330 e. The van der Waals surface area contributed by atoms with Crippen LogP contribution in [0.15, 0.2) is 0 Å². The third kappa shape index (κ3) is 1680. The first kappa shape index (κ1) is 37.3. The first-order valence-electron chi connectivity index (χ1n) is 9.26. The van der Waals surface area contributed by atoms with Crippen LogP contribution >= 0.6 is 0 Å². The number of rotatable bonds is 1. The lowest BCUT2D eigenvalue weighted by Crippen LogP contribution is -2.05. The molecule has 0 heterocycles. The average molecular weight is 308 g/mol. The van der Waals surface area contributed by atoms with Crippen molar-refractivity contribution in [2.45, 2.75) is 110 Å². The second-order valence-electron chi connectivity index (χ2n) is 6.51. The first-order chi connectivity index (χ1) is 9.56. The molecule has 0 bridgehead atoms. The molecule has 0 amide bonds. The summed E-state index contributed by atoms with van der Waals surface area (Å²) in [5.74, 6) is 2.33. The third-order valence-electron chi connectivity index (χ3n) is 0.471. The van der Waals surface area contributed by atoms with Gasteiger partial charge in [-0.1, -0.05) is 110 Å². The van der Waals surface area contributed by atoms with Crippen molar-refractivity contribution in [3.63, 3.8) is 0 Å². The van der Waals surface area contributed by atoms with E-state index in [4.69, 9.17) is 5.73 Å². The minimum atomic E-state index is 0.662. The van der Waals surface area contributed by atoms with Crippen LogP contribution < -0.4 is 5.73 Å². The Morgan fingerprint density at radius 1 is 0.571 bits per heavy atom. The minimum Gasteiger partial charge on any atom is -0.330 e. The molecule has 2 N–H and O–H groups in total. The zero-order valence-corrected chi connectivity index (χ0v) is 18.4. The molecule has 1 heteroatoms. The second-order valence-corrected chi connectivity index (χ2v) is 6.51. The SMILES string of the molecule is CC.CC(C)C.CC(C)C.CC(C)CN.CCC.CCC. The average Bonchev–Trinajstić information content (AvgIpc) is 2.32. The smallest absolute Gasteiger partial charge is 0.00541 e. The van der Waals surface area contributed by atoms with Crippen LogP contribution in [0.25, 0.3) is 0 Å². The second kappa shape index (κ2) is 50.2. The van der Waals surface area contributed by atoms with Crippen molar-refractivity contribution in [3.8, 4) is 0 Å². The van der Waals surface area contributed by atoms with E-state index in [1.807, 2.05) is 13.8 Å². The van der Waals surface area contributed by atoms with Gasteiger partial charge in [0.1, 0.15) is 0 Å². The Kier molecular flexibility index (Phi) is 89.1. The molecule has 0 unspecified atom stereocenters. The molecule has 0 aliphatic heterocycles. The maximum Gasteiger partial charge on any atom is -0.00541 e. The molecule has 0 saturated carbocycles. The van der Waals surface area contributed by atoms with Crippen molar-refractivity contribution in [2.24, 2.45) is 23.5 Å². The van der Waals surface area contributed by atoms with Crippen molar-refractivity contribution in [3.05, 3.63) is 0 Å². The Morgan fingerprint density at radius 2 is 0.619 bits per heavy atom. The molecule has 0 aromatic heterocycles. The van der Waals surface area contributed by atoms with Crippen LogP contribution in [-0.2, 0) is 0 Å². The molecule has 0 fully saturated rings. The van der Waals surface area contributed by atoms with E-state index in [-0.39, 0.29) is 0 Å². The fraction of sp³-hybridized carbons (Fsp3) is 1.00. The van der Waals surface area contributed by atoms with Crippen molar-refractivity contribution in [2.75, 3.05) is 6.54 Å². The van der Waals surface area contributed by atoms with E-state index in [1.165, 1.54) is 12.8 Å². The van der Waals surface area contributed by atoms with Gasteiger partial charge in [-0.3, -0.25) is 0 Å². The molecule has 0 spiro atoms. The lowest BCUT2D eigenvalue weighted by molar-refractivity contribution is 0.664. The van der Waals surface area contributed by atoms with E-state index in [0.717, 1.165) is 18.4 Å². The Bertz CT molecular complexity index is 72.3. The zero-order chi connectivity index (χ0) is 18.9. The molecule has 0 rings (SSSR count). The molecule has 0 aliphatic rings. The van der Waals surface area contributed by atoms with E-state index in [2.05, 4.69) is 83.1 Å². The quantitative estimate of drug-likeness (QED) is 0.525. The molecular weight excluding hydrogens is 254 g/mol. The first-order valence-corrected chi connectivity index (χ1v) is 9.26. The predicted molar refractivity (Wildman–Crippen MR) is 108 cm³/mol. The van der Waals surface area contributed by atoms with Crippen molar-refractivity contribution in [1.82, 2.24) is 0 Å². The Morgan fingerprint density at radius 3 is 0.619 bits per heavy atom. The highest BCUT2D eigenvalue weighted by Gasteiger charge is 1.80. The summed E-state index contributed by atoms with van der Waals surface area (Å²) in [6.07, 6.45) is 2.50. The molecule has 0 radical (unpaired) electrons. The summed E-state index contributed by atoms with van der Waals surface area (Å²) in [7, 11) is 0. The molecule has 0 saturated heterocycles. The number of hydrogen-bond donors (Lipinski definition) is 1. The van der Waals surface area contributed by atoms with Gasteiger partial charge in [0, 0.05) is 0 Å². The predicted octanol–water partition coefficient (Wildman–Crippen LogP) is 7.78. The molecule has 0 aromatic carbocycles. The highest BCUT2D eigenvalue weighted by Crippen LogP contribution is 1.82. The highest BCUT2D eigenvalue weighted by molar-refractivity contribution is 4.38. The van der Waals surface area contributed by atoms with Gasteiger partial charge in [-0.25, -0.2) is 0 Å². The monoisotopic (exact) mass is 307 g/mol. The summed E-state index contributed by atoms with van der Waals surface area (Å²) >= 11 is 0. The Hall–Kier alpha value is -0.0400.